The molecule has 136 valence electrons. The fraction of sp³-hybridized carbons (Fsp3) is 0.300. The van der Waals surface area contributed by atoms with E-state index in [9.17, 15) is 9.59 Å². The predicted octanol–water partition coefficient (Wildman–Crippen LogP) is 2.73. The van der Waals surface area contributed by atoms with Gasteiger partial charge in [-0.3, -0.25) is 9.59 Å². The van der Waals surface area contributed by atoms with Gasteiger partial charge in [0.15, 0.2) is 0 Å². The molecule has 5 nitrogen and oxygen atoms in total. The number of benzene rings is 2. The van der Waals surface area contributed by atoms with Gasteiger partial charge in [-0.2, -0.15) is 0 Å². The largest absolute Gasteiger partial charge is 0.383 e. The normalized spacial score (nSPS) is 16.3. The van der Waals surface area contributed by atoms with Crippen molar-refractivity contribution in [1.29, 1.82) is 0 Å². The molecule has 0 aromatic heterocycles. The molecule has 1 N–H and O–H groups in total. The minimum Gasteiger partial charge on any atom is -0.383 e. The molecule has 3 rings (SSSR count). The summed E-state index contributed by atoms with van der Waals surface area (Å²) in [4.78, 5) is 27.1. The van der Waals surface area contributed by atoms with Crippen molar-refractivity contribution in [3.8, 4) is 0 Å². The second kappa shape index (κ2) is 8.34. The van der Waals surface area contributed by atoms with Crippen LogP contribution >= 0.6 is 11.6 Å². The van der Waals surface area contributed by atoms with Crippen molar-refractivity contribution in [1.82, 2.24) is 10.2 Å². The summed E-state index contributed by atoms with van der Waals surface area (Å²) in [6, 6.07) is 14.3. The minimum absolute atomic E-state index is 0.0626. The van der Waals surface area contributed by atoms with Gasteiger partial charge < -0.3 is 15.0 Å². The van der Waals surface area contributed by atoms with E-state index in [1.54, 1.807) is 24.1 Å². The van der Waals surface area contributed by atoms with E-state index in [0.29, 0.717) is 31.1 Å². The Bertz CT molecular complexity index is 792. The van der Waals surface area contributed by atoms with Crippen LogP contribution in [0.4, 0.5) is 0 Å². The van der Waals surface area contributed by atoms with E-state index in [2.05, 4.69) is 5.32 Å². The lowest BCUT2D eigenvalue weighted by atomic mass is 9.91. The van der Waals surface area contributed by atoms with E-state index in [4.69, 9.17) is 16.3 Å². The number of fused-ring (bicyclic) bond motifs is 1. The zero-order valence-electron chi connectivity index (χ0n) is 14.6. The highest BCUT2D eigenvalue weighted by Gasteiger charge is 2.36. The van der Waals surface area contributed by atoms with Gasteiger partial charge in [0.05, 0.1) is 13.0 Å². The van der Waals surface area contributed by atoms with Crippen LogP contribution in [0.2, 0.25) is 5.02 Å². The van der Waals surface area contributed by atoms with Crippen LogP contribution in [0.5, 0.6) is 0 Å². The molecule has 2 aromatic carbocycles. The van der Waals surface area contributed by atoms with Crippen LogP contribution in [-0.4, -0.2) is 37.0 Å². The summed E-state index contributed by atoms with van der Waals surface area (Å²) in [6.45, 7) is 1.14. The van der Waals surface area contributed by atoms with Gasteiger partial charge in [-0.15, -0.1) is 0 Å². The fourth-order valence-electron chi connectivity index (χ4n) is 3.15. The van der Waals surface area contributed by atoms with Gasteiger partial charge in [-0.25, -0.2) is 0 Å². The number of hydrogen-bond donors (Lipinski definition) is 1. The van der Waals surface area contributed by atoms with E-state index < -0.39 is 6.04 Å². The quantitative estimate of drug-likeness (QED) is 0.848. The molecule has 1 heterocycles. The maximum Gasteiger partial charge on any atom is 0.247 e. The number of rotatable bonds is 6. The first-order valence-electron chi connectivity index (χ1n) is 8.48. The molecule has 0 radical (unpaired) electrons. The van der Waals surface area contributed by atoms with E-state index in [0.717, 1.165) is 16.7 Å². The monoisotopic (exact) mass is 372 g/mol. The third-order valence-corrected chi connectivity index (χ3v) is 4.74. The second-order valence-corrected chi connectivity index (χ2v) is 6.64. The molecule has 0 aliphatic carbocycles. The van der Waals surface area contributed by atoms with Crippen LogP contribution in [0.15, 0.2) is 48.5 Å². The molecule has 0 spiro atoms. The summed E-state index contributed by atoms with van der Waals surface area (Å²) >= 11 is 5.89. The van der Waals surface area contributed by atoms with Crippen molar-refractivity contribution in [2.75, 3.05) is 20.3 Å². The Morgan fingerprint density at radius 2 is 1.96 bits per heavy atom. The standard InChI is InChI=1S/C20H21ClN2O3/c1-26-11-10-23-18(24)12-15-4-2-3-5-17(15)19(23)20(25)22-13-14-6-8-16(21)9-7-14/h2-9,19H,10-13H2,1H3,(H,22,25)/t19-/m0/s1. The maximum absolute atomic E-state index is 12.9. The van der Waals surface area contributed by atoms with E-state index in [1.807, 2.05) is 36.4 Å². The van der Waals surface area contributed by atoms with Crippen molar-refractivity contribution in [2.24, 2.45) is 0 Å². The minimum atomic E-state index is -0.644. The number of methoxy groups -OCH3 is 1. The number of nitrogens with zero attached hydrogens (tertiary/aromatic N) is 1. The van der Waals surface area contributed by atoms with Crippen molar-refractivity contribution in [2.45, 2.75) is 19.0 Å². The number of halogens is 1. The van der Waals surface area contributed by atoms with Gasteiger partial charge in [-0.05, 0) is 28.8 Å². The number of ether oxygens (including phenoxy) is 1. The molecule has 0 fully saturated rings. The lowest BCUT2D eigenvalue weighted by Gasteiger charge is -2.36. The zero-order valence-corrected chi connectivity index (χ0v) is 15.3. The number of carbonyl (C=O) groups is 2. The Morgan fingerprint density at radius 1 is 1.23 bits per heavy atom. The van der Waals surface area contributed by atoms with Crippen LogP contribution in [0.1, 0.15) is 22.7 Å². The van der Waals surface area contributed by atoms with Crippen molar-refractivity contribution in [3.63, 3.8) is 0 Å². The van der Waals surface area contributed by atoms with Crippen molar-refractivity contribution < 1.29 is 14.3 Å². The van der Waals surface area contributed by atoms with Gasteiger partial charge in [0.25, 0.3) is 0 Å². The van der Waals surface area contributed by atoms with Crippen LogP contribution < -0.4 is 5.32 Å². The molecule has 0 bridgehead atoms. The molecule has 1 aliphatic heterocycles. The van der Waals surface area contributed by atoms with Gasteiger partial charge in [-0.1, -0.05) is 48.0 Å². The summed E-state index contributed by atoms with van der Waals surface area (Å²) in [5.74, 6) is -0.260. The summed E-state index contributed by atoms with van der Waals surface area (Å²) in [7, 11) is 1.58. The molecule has 6 heteroatoms. The molecule has 2 amide bonds. The Hall–Kier alpha value is -2.37. The molecular weight excluding hydrogens is 352 g/mol. The molecular formula is C20H21ClN2O3. The number of amides is 2. The zero-order chi connectivity index (χ0) is 18.5. The molecule has 0 saturated carbocycles. The van der Waals surface area contributed by atoms with E-state index >= 15 is 0 Å². The molecule has 0 unspecified atom stereocenters. The number of nitrogens with one attached hydrogen (secondary N) is 1. The van der Waals surface area contributed by atoms with Crippen LogP contribution in [0, 0.1) is 0 Å². The Morgan fingerprint density at radius 3 is 2.69 bits per heavy atom. The van der Waals surface area contributed by atoms with Gasteiger partial charge in [0.2, 0.25) is 11.8 Å². The second-order valence-electron chi connectivity index (χ2n) is 6.20. The fourth-order valence-corrected chi connectivity index (χ4v) is 3.28. The van der Waals surface area contributed by atoms with E-state index in [-0.39, 0.29) is 11.8 Å². The Kier molecular flexibility index (Phi) is 5.91. The highest BCUT2D eigenvalue weighted by Crippen LogP contribution is 2.30. The van der Waals surface area contributed by atoms with Crippen LogP contribution in [0.3, 0.4) is 0 Å². The SMILES string of the molecule is COCCN1C(=O)Cc2ccccc2[C@H]1C(=O)NCc1ccc(Cl)cc1. The van der Waals surface area contributed by atoms with Gasteiger partial charge >= 0.3 is 0 Å². The lowest BCUT2D eigenvalue weighted by Crippen LogP contribution is -2.48. The first-order valence-corrected chi connectivity index (χ1v) is 8.86. The lowest BCUT2D eigenvalue weighted by molar-refractivity contribution is -0.142. The smallest absolute Gasteiger partial charge is 0.247 e. The number of carbonyl (C=O) groups excluding carboxylic acids is 2. The van der Waals surface area contributed by atoms with Crippen LogP contribution in [0.25, 0.3) is 0 Å². The summed E-state index contributed by atoms with van der Waals surface area (Å²) in [6.07, 6.45) is 0.306. The first kappa shape index (κ1) is 18.4. The van der Waals surface area contributed by atoms with Gasteiger partial charge in [0.1, 0.15) is 6.04 Å². The highest BCUT2D eigenvalue weighted by atomic mass is 35.5. The predicted molar refractivity (Wildman–Crippen MR) is 99.8 cm³/mol. The van der Waals surface area contributed by atoms with Gasteiger partial charge in [0, 0.05) is 25.2 Å². The summed E-state index contributed by atoms with van der Waals surface area (Å²) in [5.41, 5.74) is 2.72. The molecule has 26 heavy (non-hydrogen) atoms. The number of hydrogen-bond acceptors (Lipinski definition) is 3. The maximum atomic E-state index is 12.9. The third kappa shape index (κ3) is 4.06. The highest BCUT2D eigenvalue weighted by molar-refractivity contribution is 6.30. The van der Waals surface area contributed by atoms with E-state index in [1.165, 1.54) is 0 Å². The Labute approximate surface area is 157 Å². The topological polar surface area (TPSA) is 58.6 Å². The molecule has 0 saturated heterocycles. The van der Waals surface area contributed by atoms with Crippen molar-refractivity contribution in [3.05, 3.63) is 70.2 Å². The Balaban J connectivity index is 1.81. The molecule has 1 aliphatic rings. The summed E-state index contributed by atoms with van der Waals surface area (Å²) in [5, 5.41) is 3.59. The van der Waals surface area contributed by atoms with Crippen molar-refractivity contribution >= 4 is 23.4 Å². The molecule has 1 atom stereocenters. The average Bonchev–Trinajstić information content (AvgIpc) is 2.65. The van der Waals surface area contributed by atoms with Crippen LogP contribution in [-0.2, 0) is 27.3 Å². The molecule has 2 aromatic rings. The average molecular weight is 373 g/mol. The third-order valence-electron chi connectivity index (χ3n) is 4.49. The first-order chi connectivity index (χ1) is 12.6. The summed E-state index contributed by atoms with van der Waals surface area (Å²) < 4.78 is 5.11.